The summed E-state index contributed by atoms with van der Waals surface area (Å²) in [6, 6.07) is 7.48. The zero-order valence-corrected chi connectivity index (χ0v) is 22.3. The largest absolute Gasteiger partial charge is 0.495 e. The molecule has 1 amide bonds. The predicted octanol–water partition coefficient (Wildman–Crippen LogP) is 5.41. The van der Waals surface area contributed by atoms with Gasteiger partial charge in [0, 0.05) is 36.5 Å². The molecule has 0 radical (unpaired) electrons. The van der Waals surface area contributed by atoms with Gasteiger partial charge in [0.05, 0.1) is 31.1 Å². The van der Waals surface area contributed by atoms with Crippen molar-refractivity contribution in [2.75, 3.05) is 31.3 Å². The van der Waals surface area contributed by atoms with E-state index < -0.39 is 17.7 Å². The van der Waals surface area contributed by atoms with Gasteiger partial charge in [-0.2, -0.15) is 13.2 Å². The van der Waals surface area contributed by atoms with E-state index in [9.17, 15) is 22.4 Å². The van der Waals surface area contributed by atoms with Gasteiger partial charge in [-0.15, -0.1) is 0 Å². The minimum Gasteiger partial charge on any atom is -0.495 e. The molecular formula is C28H25F4N5O2S. The summed E-state index contributed by atoms with van der Waals surface area (Å²) in [5.41, 5.74) is -1.67. The molecular weight excluding hydrogens is 546 g/mol. The van der Waals surface area contributed by atoms with Crippen molar-refractivity contribution >= 4 is 34.7 Å². The summed E-state index contributed by atoms with van der Waals surface area (Å²) in [5.74, 6) is 5.86. The first-order valence-corrected chi connectivity index (χ1v) is 13.1. The van der Waals surface area contributed by atoms with Gasteiger partial charge in [-0.3, -0.25) is 9.20 Å². The molecule has 3 N–H and O–H groups in total. The highest BCUT2D eigenvalue weighted by molar-refractivity contribution is 8.00. The average Bonchev–Trinajstić information content (AvgIpc) is 3.63. The van der Waals surface area contributed by atoms with Crippen LogP contribution in [0.3, 0.4) is 0 Å². The number of rotatable bonds is 7. The first kappa shape index (κ1) is 27.5. The van der Waals surface area contributed by atoms with Crippen LogP contribution in [0.4, 0.5) is 28.9 Å². The van der Waals surface area contributed by atoms with Gasteiger partial charge >= 0.3 is 5.51 Å². The molecule has 7 nitrogen and oxygen atoms in total. The number of ether oxygens (including phenoxy) is 1. The smallest absolute Gasteiger partial charge is 0.447 e. The summed E-state index contributed by atoms with van der Waals surface area (Å²) in [7, 11) is 2.97. The molecule has 2 aliphatic rings. The number of methoxy groups -OCH3 is 1. The fourth-order valence-electron chi connectivity index (χ4n) is 4.67. The normalized spacial score (nSPS) is 19.7. The Morgan fingerprint density at radius 1 is 1.30 bits per heavy atom. The van der Waals surface area contributed by atoms with Crippen LogP contribution in [-0.4, -0.2) is 53.7 Å². The molecule has 5 rings (SSSR count). The Balaban J connectivity index is 1.40. The molecule has 3 aromatic rings. The molecule has 0 spiro atoms. The van der Waals surface area contributed by atoms with Crippen molar-refractivity contribution < 1.29 is 27.1 Å². The van der Waals surface area contributed by atoms with Gasteiger partial charge in [0.25, 0.3) is 5.91 Å². The molecule has 0 aliphatic heterocycles. The number of alkyl halides is 4. The maximum absolute atomic E-state index is 14.9. The number of pyridine rings is 1. The van der Waals surface area contributed by atoms with Gasteiger partial charge in [0.2, 0.25) is 0 Å². The number of thioether (sulfide) groups is 1. The van der Waals surface area contributed by atoms with Crippen molar-refractivity contribution in [2.24, 2.45) is 5.92 Å². The number of carbonyl (C=O) groups excluding carboxylic acids is 1. The van der Waals surface area contributed by atoms with Crippen molar-refractivity contribution in [3.8, 4) is 17.6 Å². The topological polar surface area (TPSA) is 79.7 Å². The Morgan fingerprint density at radius 3 is 2.83 bits per heavy atom. The summed E-state index contributed by atoms with van der Waals surface area (Å²) in [6.07, 6.45) is 2.67. The van der Waals surface area contributed by atoms with E-state index in [1.165, 1.54) is 24.8 Å². The predicted molar refractivity (Wildman–Crippen MR) is 146 cm³/mol. The number of carbonyl (C=O) groups is 1. The van der Waals surface area contributed by atoms with Crippen molar-refractivity contribution in [2.45, 2.75) is 29.2 Å². The van der Waals surface area contributed by atoms with Gasteiger partial charge in [-0.1, -0.05) is 18.6 Å². The Hall–Kier alpha value is -4.11. The molecule has 2 heterocycles. The molecule has 40 heavy (non-hydrogen) atoms. The molecule has 1 aromatic carbocycles. The Labute approximate surface area is 232 Å². The number of nitrogens with zero attached hydrogens (tertiary/aromatic N) is 2. The van der Waals surface area contributed by atoms with Gasteiger partial charge in [0.15, 0.2) is 5.65 Å². The third kappa shape index (κ3) is 5.60. The minimum absolute atomic E-state index is 0.0590. The quantitative estimate of drug-likeness (QED) is 0.200. The zero-order chi connectivity index (χ0) is 28.6. The summed E-state index contributed by atoms with van der Waals surface area (Å²) in [5, 5.41) is 8.52. The number of fused-ring (bicyclic) bond motifs is 2. The molecule has 208 valence electrons. The first-order chi connectivity index (χ1) is 19.1. The number of hydrogen-bond acceptors (Lipinski definition) is 6. The Morgan fingerprint density at radius 2 is 2.10 bits per heavy atom. The SMILES string of the molecule is C=C1C2=CC2C[C@H](Nc2cccn3c(SC(F)(F)F)c(C#CCNc4ccc(C(=O)NC)cc4OC)nc23)[C@@H]1F. The van der Waals surface area contributed by atoms with Crippen LogP contribution in [0.2, 0.25) is 0 Å². The van der Waals surface area contributed by atoms with E-state index in [1.807, 2.05) is 6.08 Å². The lowest BCUT2D eigenvalue weighted by Crippen LogP contribution is -2.35. The van der Waals surface area contributed by atoms with Crippen molar-refractivity contribution in [1.82, 2.24) is 14.7 Å². The van der Waals surface area contributed by atoms with Gasteiger partial charge < -0.3 is 20.7 Å². The molecule has 2 aliphatic carbocycles. The van der Waals surface area contributed by atoms with E-state index >= 15 is 0 Å². The summed E-state index contributed by atoms with van der Waals surface area (Å²) < 4.78 is 62.1. The third-order valence-electron chi connectivity index (χ3n) is 6.66. The lowest BCUT2D eigenvalue weighted by atomic mass is 9.89. The van der Waals surface area contributed by atoms with Crippen LogP contribution in [0.25, 0.3) is 5.65 Å². The third-order valence-corrected chi connectivity index (χ3v) is 7.48. The van der Waals surface area contributed by atoms with E-state index in [0.717, 1.165) is 5.57 Å². The van der Waals surface area contributed by atoms with Crippen LogP contribution < -0.4 is 20.7 Å². The minimum atomic E-state index is -4.58. The molecule has 1 saturated carbocycles. The second-order valence-electron chi connectivity index (χ2n) is 9.22. The monoisotopic (exact) mass is 571 g/mol. The number of aromatic nitrogens is 2. The van der Waals surface area contributed by atoms with Crippen LogP contribution >= 0.6 is 11.8 Å². The maximum Gasteiger partial charge on any atom is 0.447 e. The lowest BCUT2D eigenvalue weighted by Gasteiger charge is -2.29. The fraction of sp³-hybridized carbons (Fsp3) is 0.286. The highest BCUT2D eigenvalue weighted by Gasteiger charge is 2.42. The fourth-order valence-corrected chi connectivity index (χ4v) is 5.33. The van der Waals surface area contributed by atoms with E-state index in [0.29, 0.717) is 34.7 Å². The van der Waals surface area contributed by atoms with Crippen LogP contribution in [0.15, 0.2) is 65.4 Å². The lowest BCUT2D eigenvalue weighted by molar-refractivity contribution is -0.0330. The maximum atomic E-state index is 14.9. The molecule has 2 aromatic heterocycles. The number of halogens is 4. The summed E-state index contributed by atoms with van der Waals surface area (Å²) in [4.78, 5) is 16.3. The van der Waals surface area contributed by atoms with E-state index in [2.05, 4.69) is 39.4 Å². The van der Waals surface area contributed by atoms with E-state index in [-0.39, 0.29) is 46.5 Å². The molecule has 1 fully saturated rings. The van der Waals surface area contributed by atoms with Gasteiger partial charge in [-0.05, 0) is 53.8 Å². The number of imidazole rings is 1. The van der Waals surface area contributed by atoms with Crippen molar-refractivity contribution in [1.29, 1.82) is 0 Å². The van der Waals surface area contributed by atoms with Crippen LogP contribution in [0.1, 0.15) is 22.5 Å². The van der Waals surface area contributed by atoms with Crippen LogP contribution in [0, 0.1) is 17.8 Å². The first-order valence-electron chi connectivity index (χ1n) is 12.3. The standard InChI is InChI=1S/C28H25F4N5O2S/c1-15-18-12-17(18)13-22(24(15)29)35-20-7-5-11-37-25(20)36-21(27(37)40-28(30,31)32)6-4-10-34-19-9-8-16(26(38)33-2)14-23(19)39-3/h5,7-9,11-12,14,17,22,24,34-35H,1,10,13H2,2-3H3,(H,33,38)/t17?,22-,24+/m0/s1. The van der Waals surface area contributed by atoms with Gasteiger partial charge in [-0.25, -0.2) is 9.37 Å². The number of anilines is 2. The molecule has 0 bridgehead atoms. The van der Waals surface area contributed by atoms with Crippen LogP contribution in [0.5, 0.6) is 5.75 Å². The van der Waals surface area contributed by atoms with Crippen LogP contribution in [-0.2, 0) is 0 Å². The average molecular weight is 572 g/mol. The Bertz CT molecular complexity index is 1590. The molecule has 12 heteroatoms. The zero-order valence-electron chi connectivity index (χ0n) is 21.5. The highest BCUT2D eigenvalue weighted by atomic mass is 32.2. The highest BCUT2D eigenvalue weighted by Crippen LogP contribution is 2.47. The van der Waals surface area contributed by atoms with E-state index in [1.54, 1.807) is 30.3 Å². The second kappa shape index (κ2) is 10.8. The van der Waals surface area contributed by atoms with Gasteiger partial charge in [0.1, 0.15) is 22.6 Å². The number of allylic oxidation sites excluding steroid dienone is 2. The van der Waals surface area contributed by atoms with E-state index in [4.69, 9.17) is 4.74 Å². The number of nitrogens with one attached hydrogen (secondary N) is 3. The molecule has 3 atom stereocenters. The molecule has 1 unspecified atom stereocenters. The second-order valence-corrected chi connectivity index (χ2v) is 10.3. The molecule has 0 saturated heterocycles. The number of benzene rings is 1. The summed E-state index contributed by atoms with van der Waals surface area (Å²) in [6.45, 7) is 3.90. The number of hydrogen-bond donors (Lipinski definition) is 3. The number of amides is 1. The van der Waals surface area contributed by atoms with Crippen molar-refractivity contribution in [3.05, 3.63) is 71.6 Å². The Kier molecular flexibility index (Phi) is 7.42. The summed E-state index contributed by atoms with van der Waals surface area (Å²) >= 11 is -0.311. The van der Waals surface area contributed by atoms with Crippen molar-refractivity contribution in [3.63, 3.8) is 0 Å².